The van der Waals surface area contributed by atoms with Crippen molar-refractivity contribution in [2.45, 2.75) is 18.6 Å². The largest absolute Gasteiger partial charge is 0.354 e. The third-order valence-electron chi connectivity index (χ3n) is 4.36. The Hall–Kier alpha value is -2.56. The Balaban J connectivity index is 2.03. The molecule has 2 aromatic carbocycles. The van der Waals surface area contributed by atoms with Crippen molar-refractivity contribution in [1.29, 1.82) is 5.26 Å². The molecule has 5 nitrogen and oxygen atoms in total. The SMILES string of the molecule is CNC(=O)/C(C#N)=C1\S[C@@H](Cc2ccc(Br)cc2)C(=O)N1c1ccc(C)cc1. The van der Waals surface area contributed by atoms with Crippen molar-refractivity contribution >= 4 is 45.2 Å². The normalized spacial score (nSPS) is 18.0. The van der Waals surface area contributed by atoms with E-state index in [1.165, 1.54) is 23.7 Å². The number of amides is 2. The van der Waals surface area contributed by atoms with Gasteiger partial charge in [-0.2, -0.15) is 5.26 Å². The molecule has 142 valence electrons. The smallest absolute Gasteiger partial charge is 0.264 e. The average molecular weight is 456 g/mol. The zero-order chi connectivity index (χ0) is 20.3. The molecule has 0 saturated carbocycles. The summed E-state index contributed by atoms with van der Waals surface area (Å²) in [7, 11) is 1.47. The summed E-state index contributed by atoms with van der Waals surface area (Å²) in [6.45, 7) is 1.96. The van der Waals surface area contributed by atoms with Crippen LogP contribution in [-0.4, -0.2) is 24.1 Å². The highest BCUT2D eigenvalue weighted by Gasteiger charge is 2.40. The van der Waals surface area contributed by atoms with Gasteiger partial charge in [0.1, 0.15) is 16.7 Å². The number of likely N-dealkylation sites (N-methyl/N-ethyl adjacent to an activating group) is 1. The van der Waals surface area contributed by atoms with Gasteiger partial charge in [-0.05, 0) is 43.2 Å². The molecule has 28 heavy (non-hydrogen) atoms. The van der Waals surface area contributed by atoms with Crippen LogP contribution < -0.4 is 10.2 Å². The minimum absolute atomic E-state index is 0.0558. The van der Waals surface area contributed by atoms with Gasteiger partial charge < -0.3 is 5.32 Å². The van der Waals surface area contributed by atoms with Crippen LogP contribution in [0.5, 0.6) is 0 Å². The van der Waals surface area contributed by atoms with Gasteiger partial charge >= 0.3 is 0 Å². The molecule has 0 aromatic heterocycles. The number of nitrogens with zero attached hydrogens (tertiary/aromatic N) is 2. The second kappa shape index (κ2) is 8.63. The number of thioether (sulfide) groups is 1. The highest BCUT2D eigenvalue weighted by Crippen LogP contribution is 2.42. The van der Waals surface area contributed by atoms with E-state index in [9.17, 15) is 14.9 Å². The van der Waals surface area contributed by atoms with Crippen LogP contribution in [0.25, 0.3) is 0 Å². The highest BCUT2D eigenvalue weighted by atomic mass is 79.9. The van der Waals surface area contributed by atoms with Crippen LogP contribution in [0.1, 0.15) is 11.1 Å². The number of hydrogen-bond donors (Lipinski definition) is 1. The van der Waals surface area contributed by atoms with Crippen molar-refractivity contribution in [3.8, 4) is 6.07 Å². The number of rotatable bonds is 4. The molecule has 7 heteroatoms. The molecule has 2 amide bonds. The molecule has 0 spiro atoms. The second-order valence-electron chi connectivity index (χ2n) is 6.32. The van der Waals surface area contributed by atoms with Crippen LogP contribution in [0.2, 0.25) is 0 Å². The Bertz CT molecular complexity index is 978. The monoisotopic (exact) mass is 455 g/mol. The maximum atomic E-state index is 13.2. The van der Waals surface area contributed by atoms with E-state index < -0.39 is 11.2 Å². The number of benzene rings is 2. The summed E-state index contributed by atoms with van der Waals surface area (Å²) >= 11 is 4.67. The number of hydrogen-bond acceptors (Lipinski definition) is 4. The summed E-state index contributed by atoms with van der Waals surface area (Å²) in [5.74, 6) is -0.636. The summed E-state index contributed by atoms with van der Waals surface area (Å²) < 4.78 is 0.968. The van der Waals surface area contributed by atoms with E-state index >= 15 is 0 Å². The first-order chi connectivity index (χ1) is 13.4. The molecule has 0 unspecified atom stereocenters. The fourth-order valence-corrected chi connectivity index (χ4v) is 4.45. The van der Waals surface area contributed by atoms with Gasteiger partial charge in [0, 0.05) is 17.2 Å². The van der Waals surface area contributed by atoms with Gasteiger partial charge in [-0.25, -0.2) is 0 Å². The van der Waals surface area contributed by atoms with Crippen molar-refractivity contribution < 1.29 is 9.59 Å². The minimum Gasteiger partial charge on any atom is -0.354 e. The van der Waals surface area contributed by atoms with Crippen LogP contribution in [0, 0.1) is 18.3 Å². The summed E-state index contributed by atoms with van der Waals surface area (Å²) in [5, 5.41) is 12.0. The fraction of sp³-hybridized carbons (Fsp3) is 0.190. The van der Waals surface area contributed by atoms with E-state index in [0.29, 0.717) is 17.1 Å². The van der Waals surface area contributed by atoms with Crippen LogP contribution >= 0.6 is 27.7 Å². The van der Waals surface area contributed by atoms with Gasteiger partial charge in [-0.1, -0.05) is 57.5 Å². The van der Waals surface area contributed by atoms with E-state index in [0.717, 1.165) is 15.6 Å². The van der Waals surface area contributed by atoms with E-state index in [-0.39, 0.29) is 11.5 Å². The lowest BCUT2D eigenvalue weighted by Gasteiger charge is -2.18. The Morgan fingerprint density at radius 1 is 1.21 bits per heavy atom. The van der Waals surface area contributed by atoms with Crippen LogP contribution in [0.4, 0.5) is 5.69 Å². The number of aryl methyl sites for hydroxylation is 1. The predicted octanol–water partition coefficient (Wildman–Crippen LogP) is 3.93. The van der Waals surface area contributed by atoms with Crippen molar-refractivity contribution in [3.05, 3.63) is 74.7 Å². The van der Waals surface area contributed by atoms with Crippen LogP contribution in [0.3, 0.4) is 0 Å². The lowest BCUT2D eigenvalue weighted by molar-refractivity contribution is -0.117. The summed E-state index contributed by atoms with van der Waals surface area (Å²) in [6.07, 6.45) is 0.509. The maximum Gasteiger partial charge on any atom is 0.264 e. The lowest BCUT2D eigenvalue weighted by atomic mass is 10.1. The van der Waals surface area contributed by atoms with Crippen molar-refractivity contribution in [3.63, 3.8) is 0 Å². The van der Waals surface area contributed by atoms with E-state index in [1.807, 2.05) is 61.5 Å². The number of halogens is 1. The molecular formula is C21H18BrN3O2S. The first kappa shape index (κ1) is 20.2. The van der Waals surface area contributed by atoms with Crippen molar-refractivity contribution in [2.24, 2.45) is 0 Å². The molecule has 1 aliphatic rings. The molecule has 1 N–H and O–H groups in total. The Kier molecular flexibility index (Phi) is 6.22. The maximum absolute atomic E-state index is 13.2. The number of anilines is 1. The molecule has 2 aromatic rings. The molecule has 1 atom stereocenters. The highest BCUT2D eigenvalue weighted by molar-refractivity contribution is 9.10. The van der Waals surface area contributed by atoms with E-state index in [1.54, 1.807) is 0 Å². The predicted molar refractivity (Wildman–Crippen MR) is 115 cm³/mol. The lowest BCUT2D eigenvalue weighted by Crippen LogP contribution is -2.31. The Labute approximate surface area is 176 Å². The van der Waals surface area contributed by atoms with Crippen LogP contribution in [-0.2, 0) is 16.0 Å². The first-order valence-electron chi connectivity index (χ1n) is 8.62. The molecular weight excluding hydrogens is 438 g/mol. The molecule has 1 saturated heterocycles. The topological polar surface area (TPSA) is 73.2 Å². The van der Waals surface area contributed by atoms with Gasteiger partial charge in [0.25, 0.3) is 5.91 Å². The molecule has 1 fully saturated rings. The fourth-order valence-electron chi connectivity index (χ4n) is 2.88. The summed E-state index contributed by atoms with van der Waals surface area (Å²) in [4.78, 5) is 26.9. The minimum atomic E-state index is -0.501. The molecule has 1 heterocycles. The third kappa shape index (κ3) is 4.13. The summed E-state index contributed by atoms with van der Waals surface area (Å²) in [6, 6.07) is 17.2. The number of nitriles is 1. The second-order valence-corrected chi connectivity index (χ2v) is 8.42. The standard InChI is InChI=1S/C21H18BrN3O2S/c1-13-3-9-16(10-4-13)25-20(27)18(11-14-5-7-15(22)8-6-14)28-21(25)17(12-23)19(26)24-2/h3-10,18H,11H2,1-2H3,(H,24,26)/b21-17-/t18-/m0/s1. The zero-order valence-electron chi connectivity index (χ0n) is 15.4. The molecule has 0 aliphatic carbocycles. The molecule has 0 radical (unpaired) electrons. The molecule has 1 aliphatic heterocycles. The van der Waals surface area contributed by atoms with Crippen molar-refractivity contribution in [1.82, 2.24) is 5.32 Å². The average Bonchev–Trinajstić information content (AvgIpc) is 3.00. The van der Waals surface area contributed by atoms with Gasteiger partial charge in [-0.3, -0.25) is 14.5 Å². The van der Waals surface area contributed by atoms with Crippen molar-refractivity contribution in [2.75, 3.05) is 11.9 Å². The third-order valence-corrected chi connectivity index (χ3v) is 6.15. The summed E-state index contributed by atoms with van der Waals surface area (Å²) in [5.41, 5.74) is 2.66. The number of carbonyl (C=O) groups excluding carboxylic acids is 2. The number of nitrogens with one attached hydrogen (secondary N) is 1. The van der Waals surface area contributed by atoms with E-state index in [2.05, 4.69) is 21.2 Å². The quantitative estimate of drug-likeness (QED) is 0.559. The van der Waals surface area contributed by atoms with Crippen LogP contribution in [0.15, 0.2) is 63.6 Å². The Morgan fingerprint density at radius 2 is 1.86 bits per heavy atom. The van der Waals surface area contributed by atoms with Gasteiger partial charge in [0.05, 0.1) is 5.25 Å². The van der Waals surface area contributed by atoms with Gasteiger partial charge in [0.15, 0.2) is 0 Å². The Morgan fingerprint density at radius 3 is 2.43 bits per heavy atom. The molecule has 3 rings (SSSR count). The van der Waals surface area contributed by atoms with Gasteiger partial charge in [0.2, 0.25) is 5.91 Å². The van der Waals surface area contributed by atoms with E-state index in [4.69, 9.17) is 0 Å². The molecule has 0 bridgehead atoms. The van der Waals surface area contributed by atoms with Gasteiger partial charge in [-0.15, -0.1) is 0 Å². The first-order valence-corrected chi connectivity index (χ1v) is 10.3. The zero-order valence-corrected chi connectivity index (χ0v) is 17.8. The number of carbonyl (C=O) groups is 2.